The van der Waals surface area contributed by atoms with Gasteiger partial charge < -0.3 is 10.1 Å². The highest BCUT2D eigenvalue weighted by molar-refractivity contribution is 9.10. The smallest absolute Gasteiger partial charge is 0.338 e. The molecule has 3 amide bonds. The average molecular weight is 532 g/mol. The van der Waals surface area contributed by atoms with Gasteiger partial charge in [0.2, 0.25) is 11.8 Å². The summed E-state index contributed by atoms with van der Waals surface area (Å²) >= 11 is 9.34. The number of fused-ring (bicyclic) bond motifs is 1. The summed E-state index contributed by atoms with van der Waals surface area (Å²) in [6, 6.07) is 11.0. The fourth-order valence-corrected chi connectivity index (χ4v) is 4.86. The van der Waals surface area contributed by atoms with Gasteiger partial charge in [-0.05, 0) is 54.8 Å². The molecule has 3 atom stereocenters. The van der Waals surface area contributed by atoms with Crippen molar-refractivity contribution in [1.82, 2.24) is 0 Å². The maximum Gasteiger partial charge on any atom is 0.338 e. The zero-order valence-corrected chi connectivity index (χ0v) is 19.9. The van der Waals surface area contributed by atoms with Gasteiger partial charge in [-0.1, -0.05) is 46.6 Å². The van der Waals surface area contributed by atoms with E-state index in [1.165, 1.54) is 29.2 Å². The summed E-state index contributed by atoms with van der Waals surface area (Å²) in [7, 11) is 0. The van der Waals surface area contributed by atoms with Crippen molar-refractivity contribution in [2.24, 2.45) is 17.8 Å². The van der Waals surface area contributed by atoms with E-state index in [1.54, 1.807) is 18.2 Å². The standard InChI is InChI=1S/C24H20BrClN2O5/c1-13-3-2-4-17-21(13)23(31)28(22(17)30)16-8-5-14(6-9-16)24(32)33-12-20(29)27-19-10-7-15(25)11-18(19)26/h2-3,5-11,13,17,21H,4,12H2,1H3,(H,27,29)/t13-,17-,21-/m1/s1. The normalized spacial score (nSPS) is 21.7. The lowest BCUT2D eigenvalue weighted by atomic mass is 9.78. The second-order valence-electron chi connectivity index (χ2n) is 7.96. The van der Waals surface area contributed by atoms with Crippen LogP contribution < -0.4 is 10.2 Å². The number of amides is 3. The van der Waals surface area contributed by atoms with E-state index in [0.29, 0.717) is 22.8 Å². The Kier molecular flexibility index (Phi) is 6.67. The molecule has 9 heteroatoms. The fraction of sp³-hybridized carbons (Fsp3) is 0.250. The third-order valence-electron chi connectivity index (χ3n) is 5.77. The highest BCUT2D eigenvalue weighted by Crippen LogP contribution is 2.40. The van der Waals surface area contributed by atoms with Crippen molar-refractivity contribution in [3.8, 4) is 0 Å². The van der Waals surface area contributed by atoms with Crippen LogP contribution in [0.3, 0.4) is 0 Å². The van der Waals surface area contributed by atoms with E-state index in [-0.39, 0.29) is 35.1 Å². The first-order valence-electron chi connectivity index (χ1n) is 10.3. The van der Waals surface area contributed by atoms with Gasteiger partial charge in [0.05, 0.1) is 33.8 Å². The van der Waals surface area contributed by atoms with E-state index in [4.69, 9.17) is 16.3 Å². The van der Waals surface area contributed by atoms with Crippen molar-refractivity contribution in [3.05, 3.63) is 69.7 Å². The molecule has 1 saturated heterocycles. The molecule has 0 aromatic heterocycles. The molecule has 33 heavy (non-hydrogen) atoms. The molecular formula is C24H20BrClN2O5. The van der Waals surface area contributed by atoms with E-state index in [0.717, 1.165) is 4.47 Å². The summed E-state index contributed by atoms with van der Waals surface area (Å²) in [6.45, 7) is 1.44. The van der Waals surface area contributed by atoms with Crippen LogP contribution in [0.2, 0.25) is 5.02 Å². The maximum absolute atomic E-state index is 12.9. The Hall–Kier alpha value is -2.97. The van der Waals surface area contributed by atoms with E-state index in [1.807, 2.05) is 19.1 Å². The second kappa shape index (κ2) is 9.49. The molecule has 2 aromatic carbocycles. The molecule has 170 valence electrons. The van der Waals surface area contributed by atoms with Crippen molar-refractivity contribution >= 4 is 62.6 Å². The Bertz CT molecular complexity index is 1160. The lowest BCUT2D eigenvalue weighted by Gasteiger charge is -2.22. The minimum absolute atomic E-state index is 0.00196. The van der Waals surface area contributed by atoms with Gasteiger partial charge in [0.25, 0.3) is 5.91 Å². The molecule has 7 nitrogen and oxygen atoms in total. The quantitative estimate of drug-likeness (QED) is 0.346. The minimum atomic E-state index is -0.704. The van der Waals surface area contributed by atoms with Gasteiger partial charge in [-0.15, -0.1) is 0 Å². The molecule has 1 aliphatic carbocycles. The molecule has 1 fully saturated rings. The maximum atomic E-state index is 12.9. The molecule has 0 radical (unpaired) electrons. The van der Waals surface area contributed by atoms with Crippen LogP contribution in [-0.4, -0.2) is 30.3 Å². The molecule has 0 bridgehead atoms. The molecule has 2 aromatic rings. The number of carbonyl (C=O) groups is 4. The van der Waals surface area contributed by atoms with Crippen molar-refractivity contribution < 1.29 is 23.9 Å². The van der Waals surface area contributed by atoms with Gasteiger partial charge in [-0.2, -0.15) is 0 Å². The highest BCUT2D eigenvalue weighted by atomic mass is 79.9. The van der Waals surface area contributed by atoms with Crippen molar-refractivity contribution in [1.29, 1.82) is 0 Å². The molecule has 2 aliphatic rings. The van der Waals surface area contributed by atoms with Gasteiger partial charge in [0, 0.05) is 4.47 Å². The fourth-order valence-electron chi connectivity index (χ4n) is 4.14. The zero-order chi connectivity index (χ0) is 23.7. The lowest BCUT2D eigenvalue weighted by molar-refractivity contribution is -0.123. The number of hydrogen-bond acceptors (Lipinski definition) is 5. The summed E-state index contributed by atoms with van der Waals surface area (Å²) in [5, 5.41) is 2.92. The first-order valence-corrected chi connectivity index (χ1v) is 11.5. The first kappa shape index (κ1) is 23.2. The van der Waals surface area contributed by atoms with Crippen LogP contribution in [0.5, 0.6) is 0 Å². The summed E-state index contributed by atoms with van der Waals surface area (Å²) in [5.41, 5.74) is 1.00. The monoisotopic (exact) mass is 530 g/mol. The summed E-state index contributed by atoms with van der Waals surface area (Å²) in [4.78, 5) is 51.3. The number of anilines is 2. The Balaban J connectivity index is 1.37. The second-order valence-corrected chi connectivity index (χ2v) is 9.29. The number of hydrogen-bond donors (Lipinski definition) is 1. The number of imide groups is 1. The topological polar surface area (TPSA) is 92.8 Å². The molecule has 0 spiro atoms. The van der Waals surface area contributed by atoms with Gasteiger partial charge in [-0.3, -0.25) is 19.3 Å². The van der Waals surface area contributed by atoms with Crippen LogP contribution in [0, 0.1) is 17.8 Å². The van der Waals surface area contributed by atoms with Gasteiger partial charge in [0.1, 0.15) is 0 Å². The minimum Gasteiger partial charge on any atom is -0.452 e. The predicted octanol–water partition coefficient (Wildman–Crippen LogP) is 4.60. The Morgan fingerprint density at radius 3 is 2.55 bits per heavy atom. The largest absolute Gasteiger partial charge is 0.452 e. The van der Waals surface area contributed by atoms with Crippen LogP contribution in [-0.2, 0) is 19.1 Å². The molecule has 1 N–H and O–H groups in total. The summed E-state index contributed by atoms with van der Waals surface area (Å²) in [6.07, 6.45) is 4.46. The Morgan fingerprint density at radius 2 is 1.88 bits per heavy atom. The van der Waals surface area contributed by atoms with E-state index < -0.39 is 18.5 Å². The van der Waals surface area contributed by atoms with Crippen molar-refractivity contribution in [3.63, 3.8) is 0 Å². The number of nitrogens with one attached hydrogen (secondary N) is 1. The van der Waals surface area contributed by atoms with Crippen molar-refractivity contribution in [2.45, 2.75) is 13.3 Å². The van der Waals surface area contributed by atoms with Crippen LogP contribution in [0.4, 0.5) is 11.4 Å². The van der Waals surface area contributed by atoms with Crippen LogP contribution >= 0.6 is 27.5 Å². The molecule has 0 saturated carbocycles. The SMILES string of the molecule is C[C@@H]1C=CC[C@H]2C(=O)N(c3ccc(C(=O)OCC(=O)Nc4ccc(Br)cc4Cl)cc3)C(=O)[C@H]12. The Labute approximate surface area is 203 Å². The van der Waals surface area contributed by atoms with Crippen LogP contribution in [0.1, 0.15) is 23.7 Å². The first-order chi connectivity index (χ1) is 15.8. The lowest BCUT2D eigenvalue weighted by Crippen LogP contribution is -2.31. The third-order valence-corrected chi connectivity index (χ3v) is 6.58. The number of allylic oxidation sites excluding steroid dienone is 2. The number of carbonyl (C=O) groups excluding carboxylic acids is 4. The average Bonchev–Trinajstić information content (AvgIpc) is 3.05. The number of halogens is 2. The van der Waals surface area contributed by atoms with Gasteiger partial charge in [-0.25, -0.2) is 4.79 Å². The van der Waals surface area contributed by atoms with E-state index in [9.17, 15) is 19.2 Å². The zero-order valence-electron chi connectivity index (χ0n) is 17.6. The van der Waals surface area contributed by atoms with Crippen LogP contribution in [0.15, 0.2) is 59.1 Å². The van der Waals surface area contributed by atoms with Crippen LogP contribution in [0.25, 0.3) is 0 Å². The molecule has 4 rings (SSSR count). The highest BCUT2D eigenvalue weighted by Gasteiger charge is 2.50. The van der Waals surface area contributed by atoms with Gasteiger partial charge >= 0.3 is 5.97 Å². The molecular weight excluding hydrogens is 512 g/mol. The van der Waals surface area contributed by atoms with Gasteiger partial charge in [0.15, 0.2) is 6.61 Å². The Morgan fingerprint density at radius 1 is 1.15 bits per heavy atom. The number of nitrogens with zero attached hydrogens (tertiary/aromatic N) is 1. The summed E-state index contributed by atoms with van der Waals surface area (Å²) in [5.74, 6) is -2.39. The number of rotatable bonds is 5. The number of esters is 1. The molecule has 1 heterocycles. The third kappa shape index (κ3) is 4.72. The number of benzene rings is 2. The van der Waals surface area contributed by atoms with E-state index >= 15 is 0 Å². The summed E-state index contributed by atoms with van der Waals surface area (Å²) < 4.78 is 5.83. The molecule has 0 unspecified atom stereocenters. The number of ether oxygens (including phenoxy) is 1. The van der Waals surface area contributed by atoms with Crippen molar-refractivity contribution in [2.75, 3.05) is 16.8 Å². The van der Waals surface area contributed by atoms with E-state index in [2.05, 4.69) is 21.2 Å². The molecule has 1 aliphatic heterocycles. The predicted molar refractivity (Wildman–Crippen MR) is 127 cm³/mol.